The molecule has 7 heteroatoms. The van der Waals surface area contributed by atoms with Crippen LogP contribution in [0.2, 0.25) is 0 Å². The third-order valence-corrected chi connectivity index (χ3v) is 6.17. The average Bonchev–Trinajstić information content (AvgIpc) is 3.45. The smallest absolute Gasteiger partial charge is 0.296 e. The predicted octanol–water partition coefficient (Wildman–Crippen LogP) is 2.00. The van der Waals surface area contributed by atoms with Gasteiger partial charge in [-0.25, -0.2) is 0 Å². The summed E-state index contributed by atoms with van der Waals surface area (Å²) in [5.74, 6) is 2.03. The lowest BCUT2D eigenvalue weighted by Crippen LogP contribution is -2.26. The second kappa shape index (κ2) is 4.39. The van der Waals surface area contributed by atoms with E-state index >= 15 is 0 Å². The van der Waals surface area contributed by atoms with Crippen molar-refractivity contribution >= 4 is 16.8 Å². The van der Waals surface area contributed by atoms with Crippen LogP contribution in [0.4, 0.5) is 0 Å². The third kappa shape index (κ3) is 1.86. The summed E-state index contributed by atoms with van der Waals surface area (Å²) in [6, 6.07) is 3.34. The van der Waals surface area contributed by atoms with E-state index in [4.69, 9.17) is 0 Å². The van der Waals surface area contributed by atoms with Gasteiger partial charge in [-0.1, -0.05) is 0 Å². The van der Waals surface area contributed by atoms with Gasteiger partial charge in [0.05, 0.1) is 5.52 Å². The topological polar surface area (TPSA) is 85.3 Å². The molecule has 6 rings (SSSR count). The van der Waals surface area contributed by atoms with Gasteiger partial charge in [0.2, 0.25) is 11.5 Å². The van der Waals surface area contributed by atoms with Crippen LogP contribution in [-0.2, 0) is 12.0 Å². The highest BCUT2D eigenvalue weighted by atomic mass is 16.3. The Balaban J connectivity index is 1.70. The third-order valence-electron chi connectivity index (χ3n) is 6.17. The van der Waals surface area contributed by atoms with Gasteiger partial charge >= 0.3 is 0 Å². The molecule has 3 fully saturated rings. The van der Waals surface area contributed by atoms with Crippen LogP contribution < -0.4 is 5.56 Å². The second-order valence-corrected chi connectivity index (χ2v) is 7.98. The monoisotopic (exact) mass is 337 g/mol. The standard InChI is InChI=1S/C18H19N5O2/c24-13-6-5-12-14(19-13)23-15(16(25)22(12)9-10-1-2-10)20-21-17(23)18(7-8-18)11-3-4-11/h5-6,10-11H,1-4,7-9H2,(H,19,24). The highest BCUT2D eigenvalue weighted by Gasteiger charge is 2.58. The number of fused-ring (bicyclic) bond motifs is 3. The summed E-state index contributed by atoms with van der Waals surface area (Å²) in [6.45, 7) is 0.689. The van der Waals surface area contributed by atoms with Crippen molar-refractivity contribution < 1.29 is 5.11 Å². The molecule has 0 aromatic carbocycles. The molecule has 0 radical (unpaired) electrons. The van der Waals surface area contributed by atoms with Gasteiger partial charge in [0, 0.05) is 18.0 Å². The molecule has 0 spiro atoms. The number of hydrogen-bond acceptors (Lipinski definition) is 5. The van der Waals surface area contributed by atoms with Crippen LogP contribution in [0, 0.1) is 11.8 Å². The minimum absolute atomic E-state index is 0.0404. The van der Waals surface area contributed by atoms with Gasteiger partial charge in [0.1, 0.15) is 5.82 Å². The van der Waals surface area contributed by atoms with E-state index in [9.17, 15) is 9.90 Å². The highest BCUT2D eigenvalue weighted by Crippen LogP contribution is 2.61. The number of rotatable bonds is 4. The van der Waals surface area contributed by atoms with Crippen molar-refractivity contribution in [3.63, 3.8) is 0 Å². The van der Waals surface area contributed by atoms with Crippen molar-refractivity contribution in [2.24, 2.45) is 11.8 Å². The fourth-order valence-electron chi connectivity index (χ4n) is 4.31. The first kappa shape index (κ1) is 13.8. The molecule has 0 saturated heterocycles. The summed E-state index contributed by atoms with van der Waals surface area (Å²) in [4.78, 5) is 17.5. The van der Waals surface area contributed by atoms with E-state index < -0.39 is 0 Å². The van der Waals surface area contributed by atoms with Crippen LogP contribution in [0.15, 0.2) is 16.9 Å². The zero-order valence-electron chi connectivity index (χ0n) is 13.9. The Morgan fingerprint density at radius 2 is 1.92 bits per heavy atom. The fourth-order valence-corrected chi connectivity index (χ4v) is 4.31. The number of hydrogen-bond donors (Lipinski definition) is 1. The average molecular weight is 337 g/mol. The second-order valence-electron chi connectivity index (χ2n) is 7.98. The van der Waals surface area contributed by atoms with E-state index in [-0.39, 0.29) is 16.9 Å². The van der Waals surface area contributed by atoms with E-state index in [2.05, 4.69) is 15.2 Å². The maximum atomic E-state index is 13.1. The molecule has 0 bridgehead atoms. The summed E-state index contributed by atoms with van der Waals surface area (Å²) in [7, 11) is 0. The van der Waals surface area contributed by atoms with Gasteiger partial charge in [0.15, 0.2) is 5.65 Å². The summed E-state index contributed by atoms with van der Waals surface area (Å²) in [6.07, 6.45) is 6.98. The van der Waals surface area contributed by atoms with Gasteiger partial charge in [-0.3, -0.25) is 9.20 Å². The molecule has 3 heterocycles. The fraction of sp³-hybridized carbons (Fsp3) is 0.556. The van der Waals surface area contributed by atoms with E-state index in [0.29, 0.717) is 29.7 Å². The van der Waals surface area contributed by atoms with Crippen LogP contribution in [0.5, 0.6) is 5.88 Å². The van der Waals surface area contributed by atoms with E-state index in [1.165, 1.54) is 12.8 Å². The van der Waals surface area contributed by atoms with Gasteiger partial charge in [-0.05, 0) is 56.4 Å². The van der Waals surface area contributed by atoms with Gasteiger partial charge in [0.25, 0.3) is 5.56 Å². The molecule has 3 aromatic heterocycles. The van der Waals surface area contributed by atoms with Crippen molar-refractivity contribution in [1.29, 1.82) is 0 Å². The zero-order valence-corrected chi connectivity index (χ0v) is 13.9. The number of nitrogens with zero attached hydrogens (tertiary/aromatic N) is 5. The molecule has 128 valence electrons. The first-order valence-corrected chi connectivity index (χ1v) is 9.15. The Morgan fingerprint density at radius 1 is 1.12 bits per heavy atom. The van der Waals surface area contributed by atoms with Gasteiger partial charge < -0.3 is 9.67 Å². The van der Waals surface area contributed by atoms with Crippen LogP contribution in [0.25, 0.3) is 16.8 Å². The van der Waals surface area contributed by atoms with Gasteiger partial charge in [-0.15, -0.1) is 10.2 Å². The number of aromatic hydroxyl groups is 1. The molecule has 3 saturated carbocycles. The number of pyridine rings is 1. The zero-order chi connectivity index (χ0) is 16.8. The lowest BCUT2D eigenvalue weighted by Gasteiger charge is -2.15. The van der Waals surface area contributed by atoms with Crippen molar-refractivity contribution in [2.45, 2.75) is 50.5 Å². The molecule has 0 atom stereocenters. The molecular formula is C18H19N5O2. The molecule has 0 amide bonds. The Kier molecular flexibility index (Phi) is 2.42. The Labute approximate surface area is 143 Å². The van der Waals surface area contributed by atoms with E-state index in [1.807, 2.05) is 4.40 Å². The van der Waals surface area contributed by atoms with Crippen molar-refractivity contribution in [3.8, 4) is 5.88 Å². The summed E-state index contributed by atoms with van der Waals surface area (Å²) < 4.78 is 3.59. The van der Waals surface area contributed by atoms with Crippen LogP contribution in [0.1, 0.15) is 44.3 Å². The van der Waals surface area contributed by atoms with Gasteiger partial charge in [-0.2, -0.15) is 4.98 Å². The Morgan fingerprint density at radius 3 is 2.60 bits per heavy atom. The van der Waals surface area contributed by atoms with Crippen molar-refractivity contribution in [1.82, 2.24) is 24.1 Å². The Bertz CT molecular complexity index is 1090. The summed E-state index contributed by atoms with van der Waals surface area (Å²) >= 11 is 0. The van der Waals surface area contributed by atoms with Crippen molar-refractivity contribution in [2.75, 3.05) is 0 Å². The van der Waals surface area contributed by atoms with Crippen molar-refractivity contribution in [3.05, 3.63) is 28.3 Å². The molecule has 25 heavy (non-hydrogen) atoms. The van der Waals surface area contributed by atoms with Crippen LogP contribution >= 0.6 is 0 Å². The molecule has 1 N–H and O–H groups in total. The molecule has 7 nitrogen and oxygen atoms in total. The lowest BCUT2D eigenvalue weighted by atomic mass is 10.00. The lowest BCUT2D eigenvalue weighted by molar-refractivity contribution is 0.454. The predicted molar refractivity (Wildman–Crippen MR) is 90.6 cm³/mol. The minimum Gasteiger partial charge on any atom is -0.493 e. The highest BCUT2D eigenvalue weighted by molar-refractivity contribution is 5.75. The summed E-state index contributed by atoms with van der Waals surface area (Å²) in [5.41, 5.74) is 1.66. The van der Waals surface area contributed by atoms with Crippen LogP contribution in [0.3, 0.4) is 0 Å². The quantitative estimate of drug-likeness (QED) is 0.787. The van der Waals surface area contributed by atoms with E-state index in [1.54, 1.807) is 16.7 Å². The normalized spacial score (nSPS) is 21.9. The number of aromatic nitrogens is 5. The molecule has 3 aromatic rings. The van der Waals surface area contributed by atoms with E-state index in [0.717, 1.165) is 37.0 Å². The van der Waals surface area contributed by atoms with Crippen LogP contribution in [-0.4, -0.2) is 29.3 Å². The first-order chi connectivity index (χ1) is 12.2. The molecule has 3 aliphatic carbocycles. The molecule has 0 unspecified atom stereocenters. The maximum Gasteiger partial charge on any atom is 0.296 e. The summed E-state index contributed by atoms with van der Waals surface area (Å²) in [5, 5.41) is 18.7. The Hall–Kier alpha value is -2.44. The molecule has 3 aliphatic rings. The minimum atomic E-state index is -0.0998. The maximum absolute atomic E-state index is 13.1. The molecule has 0 aliphatic heterocycles. The molecular weight excluding hydrogens is 318 g/mol. The SMILES string of the molecule is O=c1c2nnc(C3(C4CC4)CC3)n2c2nc(O)ccc2n1CC1CC1. The largest absolute Gasteiger partial charge is 0.493 e. The first-order valence-electron chi connectivity index (χ1n) is 9.15.